The molecule has 1 aromatic rings. The van der Waals surface area contributed by atoms with Gasteiger partial charge in [0.05, 0.1) is 6.10 Å². The van der Waals surface area contributed by atoms with Crippen LogP contribution in [0.15, 0.2) is 18.2 Å². The second-order valence-corrected chi connectivity index (χ2v) is 2.99. The molecule has 0 spiro atoms. The predicted molar refractivity (Wildman–Crippen MR) is 43.1 cm³/mol. The highest BCUT2D eigenvalue weighted by Gasteiger charge is 2.16. The summed E-state index contributed by atoms with van der Waals surface area (Å²) in [7, 11) is 0. The van der Waals surface area contributed by atoms with Gasteiger partial charge in [0.15, 0.2) is 0 Å². The minimum Gasteiger partial charge on any atom is -0.387 e. The molecule has 0 saturated carbocycles. The van der Waals surface area contributed by atoms with Crippen LogP contribution in [0.3, 0.4) is 0 Å². The predicted octanol–water partition coefficient (Wildman–Crippen LogP) is 0.962. The first-order chi connectivity index (χ1) is 5.77. The molecule has 0 aliphatic carbocycles. The van der Waals surface area contributed by atoms with Gasteiger partial charge in [0.25, 0.3) is 0 Å². The normalized spacial score (nSPS) is 22.0. The SMILES string of the molecule is OC1CNCc2cc(F)ccc21. The van der Waals surface area contributed by atoms with E-state index in [9.17, 15) is 9.50 Å². The van der Waals surface area contributed by atoms with Crippen molar-refractivity contribution in [3.63, 3.8) is 0 Å². The molecule has 2 nitrogen and oxygen atoms in total. The molecule has 0 saturated heterocycles. The van der Waals surface area contributed by atoms with Crippen LogP contribution in [0.4, 0.5) is 4.39 Å². The molecule has 2 rings (SSSR count). The van der Waals surface area contributed by atoms with Gasteiger partial charge in [-0.25, -0.2) is 4.39 Å². The van der Waals surface area contributed by atoms with Gasteiger partial charge in [0.2, 0.25) is 0 Å². The summed E-state index contributed by atoms with van der Waals surface area (Å²) in [6.07, 6.45) is -0.491. The van der Waals surface area contributed by atoms with Crippen molar-refractivity contribution in [2.24, 2.45) is 0 Å². The number of rotatable bonds is 0. The molecule has 1 atom stereocenters. The maximum Gasteiger partial charge on any atom is 0.123 e. The molecule has 0 amide bonds. The zero-order chi connectivity index (χ0) is 8.55. The summed E-state index contributed by atoms with van der Waals surface area (Å²) in [6, 6.07) is 4.49. The number of hydrogen-bond donors (Lipinski definition) is 2. The van der Waals surface area contributed by atoms with E-state index in [0.717, 1.165) is 11.1 Å². The quantitative estimate of drug-likeness (QED) is 0.603. The van der Waals surface area contributed by atoms with Crippen molar-refractivity contribution < 1.29 is 9.50 Å². The third kappa shape index (κ3) is 1.21. The minimum atomic E-state index is -0.491. The molecule has 1 unspecified atom stereocenters. The molecule has 1 heterocycles. The van der Waals surface area contributed by atoms with Gasteiger partial charge in [-0.2, -0.15) is 0 Å². The molecule has 0 radical (unpaired) electrons. The van der Waals surface area contributed by atoms with Crippen molar-refractivity contribution in [1.82, 2.24) is 5.32 Å². The van der Waals surface area contributed by atoms with E-state index in [-0.39, 0.29) is 5.82 Å². The van der Waals surface area contributed by atoms with Crippen LogP contribution < -0.4 is 5.32 Å². The lowest BCUT2D eigenvalue weighted by Crippen LogP contribution is -2.27. The fourth-order valence-corrected chi connectivity index (χ4v) is 1.51. The molecule has 1 aromatic carbocycles. The summed E-state index contributed by atoms with van der Waals surface area (Å²) in [4.78, 5) is 0. The first-order valence-corrected chi connectivity index (χ1v) is 3.94. The van der Waals surface area contributed by atoms with E-state index >= 15 is 0 Å². The lowest BCUT2D eigenvalue weighted by Gasteiger charge is -2.21. The average Bonchev–Trinajstić information content (AvgIpc) is 2.04. The molecule has 64 valence electrons. The van der Waals surface area contributed by atoms with Gasteiger partial charge in [0, 0.05) is 13.1 Å². The van der Waals surface area contributed by atoms with Gasteiger partial charge < -0.3 is 10.4 Å². The second kappa shape index (κ2) is 2.84. The summed E-state index contributed by atoms with van der Waals surface area (Å²) in [5.41, 5.74) is 1.70. The molecule has 2 N–H and O–H groups in total. The largest absolute Gasteiger partial charge is 0.387 e. The molecule has 1 aliphatic rings. The molecule has 0 aromatic heterocycles. The third-order valence-electron chi connectivity index (χ3n) is 2.12. The van der Waals surface area contributed by atoms with E-state index < -0.39 is 6.10 Å². The topological polar surface area (TPSA) is 32.3 Å². The summed E-state index contributed by atoms with van der Waals surface area (Å²) in [6.45, 7) is 1.20. The Balaban J connectivity index is 2.46. The van der Waals surface area contributed by atoms with Crippen molar-refractivity contribution in [2.75, 3.05) is 6.54 Å². The van der Waals surface area contributed by atoms with Crippen molar-refractivity contribution in [3.05, 3.63) is 35.1 Å². The summed E-state index contributed by atoms with van der Waals surface area (Å²) in [5.74, 6) is -0.246. The standard InChI is InChI=1S/C9H10FNO/c10-7-1-2-8-6(3-7)4-11-5-9(8)12/h1-3,9,11-12H,4-5H2. The van der Waals surface area contributed by atoms with Crippen molar-refractivity contribution in [3.8, 4) is 0 Å². The van der Waals surface area contributed by atoms with E-state index in [4.69, 9.17) is 0 Å². The number of halogens is 1. The highest BCUT2D eigenvalue weighted by atomic mass is 19.1. The number of aliphatic hydroxyl groups is 1. The second-order valence-electron chi connectivity index (χ2n) is 2.99. The van der Waals surface area contributed by atoms with Gasteiger partial charge >= 0.3 is 0 Å². The van der Waals surface area contributed by atoms with E-state index in [1.54, 1.807) is 6.07 Å². The van der Waals surface area contributed by atoms with Crippen LogP contribution in [0, 0.1) is 5.82 Å². The average molecular weight is 167 g/mol. The van der Waals surface area contributed by atoms with Crippen molar-refractivity contribution in [1.29, 1.82) is 0 Å². The number of β-amino-alcohol motifs (C(OH)–C–C–N with tert-alkyl or cyclic N) is 1. The van der Waals surface area contributed by atoms with Crippen LogP contribution in [-0.4, -0.2) is 11.7 Å². The Morgan fingerprint density at radius 1 is 1.50 bits per heavy atom. The molecule has 1 aliphatic heterocycles. The fourth-order valence-electron chi connectivity index (χ4n) is 1.51. The lowest BCUT2D eigenvalue weighted by molar-refractivity contribution is 0.165. The van der Waals surface area contributed by atoms with Crippen LogP contribution in [0.5, 0.6) is 0 Å². The number of aliphatic hydroxyl groups excluding tert-OH is 1. The Morgan fingerprint density at radius 2 is 2.33 bits per heavy atom. The Bertz CT molecular complexity index is 301. The van der Waals surface area contributed by atoms with E-state index in [1.165, 1.54) is 12.1 Å². The highest BCUT2D eigenvalue weighted by Crippen LogP contribution is 2.21. The summed E-state index contributed by atoms with van der Waals surface area (Å²) in [5, 5.41) is 12.5. The number of benzene rings is 1. The number of nitrogens with one attached hydrogen (secondary N) is 1. The van der Waals surface area contributed by atoms with E-state index in [1.807, 2.05) is 0 Å². The Kier molecular flexibility index (Phi) is 1.83. The van der Waals surface area contributed by atoms with Gasteiger partial charge in [-0.15, -0.1) is 0 Å². The molecular weight excluding hydrogens is 157 g/mol. The van der Waals surface area contributed by atoms with Gasteiger partial charge in [-0.1, -0.05) is 6.07 Å². The fraction of sp³-hybridized carbons (Fsp3) is 0.333. The monoisotopic (exact) mass is 167 g/mol. The van der Waals surface area contributed by atoms with Crippen LogP contribution in [0.25, 0.3) is 0 Å². The molecule has 0 fully saturated rings. The maximum absolute atomic E-state index is 12.7. The van der Waals surface area contributed by atoms with Crippen LogP contribution in [0.2, 0.25) is 0 Å². The minimum absolute atomic E-state index is 0.246. The highest BCUT2D eigenvalue weighted by molar-refractivity contribution is 5.31. The summed E-state index contributed by atoms with van der Waals surface area (Å²) < 4.78 is 12.7. The first kappa shape index (κ1) is 7.71. The summed E-state index contributed by atoms with van der Waals surface area (Å²) >= 11 is 0. The number of fused-ring (bicyclic) bond motifs is 1. The van der Waals surface area contributed by atoms with Gasteiger partial charge in [-0.05, 0) is 23.3 Å². The number of hydrogen-bond acceptors (Lipinski definition) is 2. The molecule has 0 bridgehead atoms. The smallest absolute Gasteiger partial charge is 0.123 e. The molecular formula is C9H10FNO. The van der Waals surface area contributed by atoms with Gasteiger partial charge in [-0.3, -0.25) is 0 Å². The van der Waals surface area contributed by atoms with E-state index in [2.05, 4.69) is 5.32 Å². The molecule has 12 heavy (non-hydrogen) atoms. The van der Waals surface area contributed by atoms with Crippen LogP contribution in [-0.2, 0) is 6.54 Å². The lowest BCUT2D eigenvalue weighted by atomic mass is 9.99. The third-order valence-corrected chi connectivity index (χ3v) is 2.12. The van der Waals surface area contributed by atoms with Crippen LogP contribution >= 0.6 is 0 Å². The van der Waals surface area contributed by atoms with E-state index in [0.29, 0.717) is 13.1 Å². The van der Waals surface area contributed by atoms with Gasteiger partial charge in [0.1, 0.15) is 5.82 Å². The van der Waals surface area contributed by atoms with Crippen LogP contribution in [0.1, 0.15) is 17.2 Å². The maximum atomic E-state index is 12.7. The first-order valence-electron chi connectivity index (χ1n) is 3.94. The zero-order valence-corrected chi connectivity index (χ0v) is 6.55. The zero-order valence-electron chi connectivity index (χ0n) is 6.55. The van der Waals surface area contributed by atoms with Crippen molar-refractivity contribution >= 4 is 0 Å². The Labute approximate surface area is 70.0 Å². The Morgan fingerprint density at radius 3 is 3.17 bits per heavy atom. The molecule has 3 heteroatoms. The Hall–Kier alpha value is -0.930. The van der Waals surface area contributed by atoms with Crippen molar-refractivity contribution in [2.45, 2.75) is 12.6 Å².